The first kappa shape index (κ1) is 18.5. The lowest BCUT2D eigenvalue weighted by molar-refractivity contribution is 0.0944. The van der Waals surface area contributed by atoms with Crippen LogP contribution in [0, 0.1) is 25.1 Å². The molecule has 138 valence electrons. The number of aryl methyl sites for hydroxylation is 1. The van der Waals surface area contributed by atoms with Gasteiger partial charge in [-0.2, -0.15) is 15.3 Å². The number of carbonyl (C=O) groups excluding carboxylic acids is 1. The number of terminal acetylenes is 1. The van der Waals surface area contributed by atoms with Gasteiger partial charge in [-0.25, -0.2) is 9.07 Å². The Morgan fingerprint density at radius 3 is 2.74 bits per heavy atom. The minimum atomic E-state index is -0.627. The van der Waals surface area contributed by atoms with Crippen molar-refractivity contribution >= 4 is 5.91 Å². The van der Waals surface area contributed by atoms with E-state index in [0.29, 0.717) is 25.0 Å². The summed E-state index contributed by atoms with van der Waals surface area (Å²) in [6.45, 7) is 1.89. The molecule has 7 nitrogen and oxygen atoms in total. The minimum Gasteiger partial charge on any atom is -0.350 e. The molecule has 3 rings (SSSR count). The lowest BCUT2D eigenvalue weighted by atomic mass is 10.0. The maximum atomic E-state index is 14.1. The van der Waals surface area contributed by atoms with Gasteiger partial charge in [-0.1, -0.05) is 12.1 Å². The van der Waals surface area contributed by atoms with E-state index in [4.69, 9.17) is 6.42 Å². The maximum absolute atomic E-state index is 14.1. The topological polar surface area (TPSA) is 88.7 Å². The summed E-state index contributed by atoms with van der Waals surface area (Å²) in [4.78, 5) is 24.6. The number of nitrogens with zero attached hydrogens (tertiary/aromatic N) is 4. The van der Waals surface area contributed by atoms with Crippen LogP contribution in [0.2, 0.25) is 0 Å². The Morgan fingerprint density at radius 2 is 2.07 bits per heavy atom. The molecule has 27 heavy (non-hydrogen) atoms. The number of carbonyl (C=O) groups is 1. The van der Waals surface area contributed by atoms with E-state index in [-0.39, 0.29) is 17.9 Å². The summed E-state index contributed by atoms with van der Waals surface area (Å²) in [6.07, 6.45) is 6.91. The Morgan fingerprint density at radius 1 is 1.33 bits per heavy atom. The number of hydrogen-bond donors (Lipinski definition) is 1. The highest BCUT2D eigenvalue weighted by Crippen LogP contribution is 2.36. The van der Waals surface area contributed by atoms with E-state index in [9.17, 15) is 14.0 Å². The monoisotopic (exact) mass is 367 g/mol. The number of para-hydroxylation sites is 1. The van der Waals surface area contributed by atoms with Gasteiger partial charge in [0, 0.05) is 37.6 Å². The van der Waals surface area contributed by atoms with Gasteiger partial charge in [0.05, 0.1) is 0 Å². The van der Waals surface area contributed by atoms with Gasteiger partial charge < -0.3 is 5.32 Å². The first-order chi connectivity index (χ1) is 13.0. The molecular weight excluding hydrogens is 349 g/mol. The van der Waals surface area contributed by atoms with Crippen molar-refractivity contribution in [1.82, 2.24) is 15.1 Å². The van der Waals surface area contributed by atoms with E-state index >= 15 is 0 Å². The molecule has 0 fully saturated rings. The number of rotatable bonds is 7. The van der Waals surface area contributed by atoms with Crippen LogP contribution in [0.15, 0.2) is 45.4 Å². The number of aromatic nitrogens is 2. The average molecular weight is 367 g/mol. The molecule has 0 radical (unpaired) electrons. The molecule has 2 aromatic rings. The normalized spacial score (nSPS) is 13.8. The van der Waals surface area contributed by atoms with Crippen LogP contribution in [-0.2, 0) is 0 Å². The van der Waals surface area contributed by atoms with Gasteiger partial charge in [0.25, 0.3) is 5.91 Å². The second-order valence-electron chi connectivity index (χ2n) is 6.25. The third kappa shape index (κ3) is 4.08. The third-order valence-corrected chi connectivity index (χ3v) is 4.27. The van der Waals surface area contributed by atoms with Crippen molar-refractivity contribution in [2.45, 2.75) is 31.8 Å². The van der Waals surface area contributed by atoms with Crippen LogP contribution < -0.4 is 10.7 Å². The average Bonchev–Trinajstić information content (AvgIpc) is 3.41. The number of benzene rings is 1. The Labute approximate surface area is 155 Å². The quantitative estimate of drug-likeness (QED) is 0.762. The molecule has 1 aromatic heterocycles. The first-order valence-electron chi connectivity index (χ1n) is 8.47. The van der Waals surface area contributed by atoms with Crippen molar-refractivity contribution in [1.29, 1.82) is 0 Å². The predicted octanol–water partition coefficient (Wildman–Crippen LogP) is 2.38. The highest BCUT2D eigenvalue weighted by atomic mass is 19.1. The summed E-state index contributed by atoms with van der Waals surface area (Å²) in [5, 5.41) is 14.7. The van der Waals surface area contributed by atoms with Crippen LogP contribution in [0.3, 0.4) is 0 Å². The maximum Gasteiger partial charge on any atom is 0.275 e. The lowest BCUT2D eigenvalue weighted by Gasteiger charge is -2.12. The summed E-state index contributed by atoms with van der Waals surface area (Å²) >= 11 is 0. The molecule has 0 saturated carbocycles. The molecular formula is C19H18FN5O2. The van der Waals surface area contributed by atoms with Crippen molar-refractivity contribution < 1.29 is 9.18 Å². The van der Waals surface area contributed by atoms with Crippen molar-refractivity contribution in [3.63, 3.8) is 0 Å². The van der Waals surface area contributed by atoms with Crippen LogP contribution in [0.4, 0.5) is 4.39 Å². The van der Waals surface area contributed by atoms with E-state index in [1.165, 1.54) is 22.9 Å². The predicted molar refractivity (Wildman–Crippen MR) is 97.1 cm³/mol. The zero-order valence-corrected chi connectivity index (χ0v) is 14.8. The molecule has 1 aromatic carbocycles. The summed E-state index contributed by atoms with van der Waals surface area (Å²) in [7, 11) is 0. The fourth-order valence-electron chi connectivity index (χ4n) is 2.70. The van der Waals surface area contributed by atoms with E-state index < -0.39 is 22.8 Å². The standard InChI is InChI=1S/C19H18FN5O2/c1-3-4-9-19(23-24-19)10-11-21-18(27)17-16(26)12-13(2)25(22-17)15-8-6-5-7-14(15)20/h1,5-8,12H,4,9-11H2,2H3,(H,21,27). The second kappa shape index (κ2) is 7.50. The van der Waals surface area contributed by atoms with Crippen LogP contribution in [0.1, 0.15) is 35.4 Å². The molecule has 0 saturated heterocycles. The van der Waals surface area contributed by atoms with Crippen LogP contribution in [-0.4, -0.2) is 27.9 Å². The third-order valence-electron chi connectivity index (χ3n) is 4.27. The van der Waals surface area contributed by atoms with Crippen LogP contribution in [0.25, 0.3) is 5.69 Å². The largest absolute Gasteiger partial charge is 0.350 e. The molecule has 0 spiro atoms. The molecule has 0 bridgehead atoms. The number of amides is 1. The molecule has 0 aliphatic carbocycles. The zero-order chi connectivity index (χ0) is 19.4. The number of nitrogens with one attached hydrogen (secondary N) is 1. The number of hydrogen-bond acceptors (Lipinski definition) is 5. The molecule has 1 N–H and O–H groups in total. The van der Waals surface area contributed by atoms with E-state index in [1.807, 2.05) is 0 Å². The van der Waals surface area contributed by atoms with Gasteiger partial charge in [0.2, 0.25) is 5.43 Å². The smallest absolute Gasteiger partial charge is 0.275 e. The molecule has 8 heteroatoms. The molecule has 1 aliphatic rings. The van der Waals surface area contributed by atoms with Gasteiger partial charge >= 0.3 is 0 Å². The summed E-state index contributed by atoms with van der Waals surface area (Å²) in [5.41, 5.74) is -0.766. The van der Waals surface area contributed by atoms with Gasteiger partial charge in [-0.15, -0.1) is 12.3 Å². The van der Waals surface area contributed by atoms with E-state index in [0.717, 1.165) is 0 Å². The Bertz CT molecular complexity index is 1000. The van der Waals surface area contributed by atoms with Crippen LogP contribution in [0.5, 0.6) is 0 Å². The molecule has 0 unspecified atom stereocenters. The summed E-state index contributed by atoms with van der Waals surface area (Å²) in [5.74, 6) is 1.40. The van der Waals surface area contributed by atoms with Crippen molar-refractivity contribution in [2.24, 2.45) is 10.2 Å². The van der Waals surface area contributed by atoms with Crippen LogP contribution >= 0.6 is 0 Å². The molecule has 1 aliphatic heterocycles. The summed E-state index contributed by atoms with van der Waals surface area (Å²) in [6, 6.07) is 7.26. The Kier molecular flexibility index (Phi) is 5.12. The van der Waals surface area contributed by atoms with E-state index in [1.54, 1.807) is 19.1 Å². The number of halogens is 1. The molecule has 0 atom stereocenters. The van der Waals surface area contributed by atoms with E-state index in [2.05, 4.69) is 26.6 Å². The minimum absolute atomic E-state index is 0.160. The zero-order valence-electron chi connectivity index (χ0n) is 14.8. The van der Waals surface area contributed by atoms with Crippen molar-refractivity contribution in [3.05, 3.63) is 57.8 Å². The fourth-order valence-corrected chi connectivity index (χ4v) is 2.70. The SMILES string of the molecule is C#CCCC1(CCNC(=O)c2nn(-c3ccccc3F)c(C)cc2=O)N=N1. The van der Waals surface area contributed by atoms with Gasteiger partial charge in [-0.05, 0) is 19.1 Å². The molecule has 2 heterocycles. The first-order valence-corrected chi connectivity index (χ1v) is 8.47. The molecule has 1 amide bonds. The second-order valence-corrected chi connectivity index (χ2v) is 6.25. The Balaban J connectivity index is 1.74. The highest BCUT2D eigenvalue weighted by molar-refractivity contribution is 5.92. The fraction of sp³-hybridized carbons (Fsp3) is 0.316. The van der Waals surface area contributed by atoms with Gasteiger partial charge in [0.15, 0.2) is 11.4 Å². The van der Waals surface area contributed by atoms with Crippen molar-refractivity contribution in [2.75, 3.05) is 6.54 Å². The summed E-state index contributed by atoms with van der Waals surface area (Å²) < 4.78 is 15.3. The van der Waals surface area contributed by atoms with Gasteiger partial charge in [-0.3, -0.25) is 9.59 Å². The Hall–Kier alpha value is -3.34. The highest BCUT2D eigenvalue weighted by Gasteiger charge is 2.38. The van der Waals surface area contributed by atoms with Gasteiger partial charge in [0.1, 0.15) is 11.5 Å². The van der Waals surface area contributed by atoms with Crippen molar-refractivity contribution in [3.8, 4) is 18.0 Å². The lowest BCUT2D eigenvalue weighted by Crippen LogP contribution is -2.34.